The van der Waals surface area contributed by atoms with Crippen LogP contribution in [0.4, 0.5) is 0 Å². The number of nitrogens with one attached hydrogen (secondary N) is 1. The Morgan fingerprint density at radius 3 is 2.57 bits per heavy atom. The summed E-state index contributed by atoms with van der Waals surface area (Å²) in [5.74, 6) is 0. The van der Waals surface area contributed by atoms with Gasteiger partial charge in [0.05, 0.1) is 5.69 Å². The first-order valence-electron chi connectivity index (χ1n) is 4.01. The number of nitrogens with zero attached hydrogens (tertiary/aromatic N) is 2. The van der Waals surface area contributed by atoms with Gasteiger partial charge in [-0.1, -0.05) is 23.7 Å². The van der Waals surface area contributed by atoms with Gasteiger partial charge in [-0.3, -0.25) is 5.10 Å². The van der Waals surface area contributed by atoms with Gasteiger partial charge in [0.1, 0.15) is 6.07 Å². The van der Waals surface area contributed by atoms with E-state index in [2.05, 4.69) is 10.2 Å². The number of H-pyrrole nitrogens is 1. The lowest BCUT2D eigenvalue weighted by Gasteiger charge is -1.95. The summed E-state index contributed by atoms with van der Waals surface area (Å²) in [6.45, 7) is 0. The number of aromatic amines is 1. The molecule has 2 rings (SSSR count). The zero-order valence-corrected chi connectivity index (χ0v) is 7.92. The molecule has 2 aromatic rings. The van der Waals surface area contributed by atoms with Crippen molar-refractivity contribution < 1.29 is 0 Å². The molecule has 1 heterocycles. The van der Waals surface area contributed by atoms with Crippen molar-refractivity contribution in [3.8, 4) is 17.3 Å². The van der Waals surface area contributed by atoms with Crippen LogP contribution in [-0.2, 0) is 0 Å². The Morgan fingerprint density at radius 1 is 1.29 bits per heavy atom. The Morgan fingerprint density at radius 2 is 2.00 bits per heavy atom. The summed E-state index contributed by atoms with van der Waals surface area (Å²) < 4.78 is 0. The van der Waals surface area contributed by atoms with E-state index in [1.165, 1.54) is 0 Å². The Bertz CT molecular complexity index is 479. The van der Waals surface area contributed by atoms with Crippen molar-refractivity contribution in [2.75, 3.05) is 0 Å². The van der Waals surface area contributed by atoms with Gasteiger partial charge in [-0.15, -0.1) is 0 Å². The highest BCUT2D eigenvalue weighted by atomic mass is 35.5. The van der Waals surface area contributed by atoms with Crippen molar-refractivity contribution in [2.45, 2.75) is 0 Å². The molecule has 3 nitrogen and oxygen atoms in total. The third kappa shape index (κ3) is 1.61. The zero-order valence-electron chi connectivity index (χ0n) is 7.16. The second-order valence-electron chi connectivity index (χ2n) is 2.79. The fourth-order valence-electron chi connectivity index (χ4n) is 1.16. The molecule has 68 valence electrons. The number of hydrogen-bond donors (Lipinski definition) is 1. The first-order chi connectivity index (χ1) is 6.79. The maximum Gasteiger partial charge on any atom is 0.162 e. The minimum absolute atomic E-state index is 0.384. The molecule has 1 aromatic heterocycles. The molecule has 0 atom stereocenters. The molecule has 0 saturated carbocycles. The molecule has 0 fully saturated rings. The standard InChI is InChI=1S/C10H6ClN3/c11-8-3-1-7(2-4-8)10-5-9(6-12)13-14-10/h1-5H,(H,13,14). The number of benzene rings is 1. The third-order valence-corrected chi connectivity index (χ3v) is 2.10. The van der Waals surface area contributed by atoms with Gasteiger partial charge >= 0.3 is 0 Å². The normalized spacial score (nSPS) is 9.71. The van der Waals surface area contributed by atoms with E-state index in [0.29, 0.717) is 10.7 Å². The molecule has 0 aliphatic rings. The predicted molar refractivity (Wildman–Crippen MR) is 53.7 cm³/mol. The van der Waals surface area contributed by atoms with E-state index in [9.17, 15) is 0 Å². The molecule has 14 heavy (non-hydrogen) atoms. The minimum atomic E-state index is 0.384. The molecule has 0 spiro atoms. The van der Waals surface area contributed by atoms with Gasteiger partial charge in [0.2, 0.25) is 0 Å². The van der Waals surface area contributed by atoms with E-state index in [4.69, 9.17) is 16.9 Å². The number of aromatic nitrogens is 2. The van der Waals surface area contributed by atoms with Crippen molar-refractivity contribution in [2.24, 2.45) is 0 Å². The van der Waals surface area contributed by atoms with Crippen molar-refractivity contribution >= 4 is 11.6 Å². The Kier molecular flexibility index (Phi) is 2.21. The van der Waals surface area contributed by atoms with Crippen LogP contribution in [0.5, 0.6) is 0 Å². The Balaban J connectivity index is 2.40. The molecule has 0 bridgehead atoms. The van der Waals surface area contributed by atoms with Crippen molar-refractivity contribution in [1.29, 1.82) is 5.26 Å². The summed E-state index contributed by atoms with van der Waals surface area (Å²) in [6.07, 6.45) is 0. The lowest BCUT2D eigenvalue weighted by Crippen LogP contribution is -1.76. The highest BCUT2D eigenvalue weighted by molar-refractivity contribution is 6.30. The first kappa shape index (κ1) is 8.79. The van der Waals surface area contributed by atoms with Crippen LogP contribution >= 0.6 is 11.6 Å². The predicted octanol–water partition coefficient (Wildman–Crippen LogP) is 2.60. The van der Waals surface area contributed by atoms with Crippen LogP contribution in [0, 0.1) is 11.3 Å². The van der Waals surface area contributed by atoms with Gasteiger partial charge in [0, 0.05) is 11.1 Å². The highest BCUT2D eigenvalue weighted by Gasteiger charge is 2.01. The molecule has 0 radical (unpaired) electrons. The topological polar surface area (TPSA) is 52.5 Å². The Hall–Kier alpha value is -1.79. The molecular formula is C10H6ClN3. The van der Waals surface area contributed by atoms with Crippen LogP contribution in [0.1, 0.15) is 5.69 Å². The van der Waals surface area contributed by atoms with Crippen LogP contribution in [0.2, 0.25) is 5.02 Å². The second kappa shape index (κ2) is 3.52. The molecule has 0 saturated heterocycles. The third-order valence-electron chi connectivity index (χ3n) is 1.85. The first-order valence-corrected chi connectivity index (χ1v) is 4.39. The quantitative estimate of drug-likeness (QED) is 0.775. The number of hydrogen-bond acceptors (Lipinski definition) is 2. The fraction of sp³-hybridized carbons (Fsp3) is 0. The van der Waals surface area contributed by atoms with E-state index in [1.807, 2.05) is 18.2 Å². The van der Waals surface area contributed by atoms with E-state index in [-0.39, 0.29) is 0 Å². The van der Waals surface area contributed by atoms with Gasteiger partial charge < -0.3 is 0 Å². The van der Waals surface area contributed by atoms with Gasteiger partial charge in [0.25, 0.3) is 0 Å². The summed E-state index contributed by atoms with van der Waals surface area (Å²) in [5.41, 5.74) is 2.16. The van der Waals surface area contributed by atoms with E-state index in [0.717, 1.165) is 11.3 Å². The van der Waals surface area contributed by atoms with Gasteiger partial charge in [0.15, 0.2) is 5.69 Å². The van der Waals surface area contributed by atoms with Crippen LogP contribution in [-0.4, -0.2) is 10.2 Å². The summed E-state index contributed by atoms with van der Waals surface area (Å²) in [7, 11) is 0. The van der Waals surface area contributed by atoms with Crippen LogP contribution in [0.15, 0.2) is 30.3 Å². The number of halogens is 1. The molecule has 0 unspecified atom stereocenters. The van der Waals surface area contributed by atoms with Gasteiger partial charge in [-0.05, 0) is 17.7 Å². The minimum Gasteiger partial charge on any atom is -0.277 e. The summed E-state index contributed by atoms with van der Waals surface area (Å²) in [5, 5.41) is 15.9. The molecule has 1 aromatic carbocycles. The average Bonchev–Trinajstić information content (AvgIpc) is 2.67. The van der Waals surface area contributed by atoms with Crippen LogP contribution in [0.3, 0.4) is 0 Å². The molecule has 0 amide bonds. The van der Waals surface area contributed by atoms with Crippen molar-refractivity contribution in [1.82, 2.24) is 10.2 Å². The smallest absolute Gasteiger partial charge is 0.162 e. The zero-order chi connectivity index (χ0) is 9.97. The largest absolute Gasteiger partial charge is 0.277 e. The number of nitriles is 1. The van der Waals surface area contributed by atoms with E-state index >= 15 is 0 Å². The lowest BCUT2D eigenvalue weighted by atomic mass is 10.1. The maximum absolute atomic E-state index is 8.59. The maximum atomic E-state index is 8.59. The van der Waals surface area contributed by atoms with Crippen LogP contribution < -0.4 is 0 Å². The molecule has 4 heteroatoms. The Labute approximate surface area is 85.9 Å². The molecular weight excluding hydrogens is 198 g/mol. The highest BCUT2D eigenvalue weighted by Crippen LogP contribution is 2.19. The van der Waals surface area contributed by atoms with Crippen molar-refractivity contribution in [3.05, 3.63) is 41.0 Å². The molecule has 1 N–H and O–H groups in total. The van der Waals surface area contributed by atoms with Gasteiger partial charge in [-0.2, -0.15) is 10.4 Å². The SMILES string of the molecule is N#Cc1cc(-c2ccc(Cl)cc2)[nH]n1. The second-order valence-corrected chi connectivity index (χ2v) is 3.22. The lowest BCUT2D eigenvalue weighted by molar-refractivity contribution is 1.08. The number of rotatable bonds is 1. The fourth-order valence-corrected chi connectivity index (χ4v) is 1.28. The van der Waals surface area contributed by atoms with E-state index < -0.39 is 0 Å². The average molecular weight is 204 g/mol. The summed E-state index contributed by atoms with van der Waals surface area (Å²) >= 11 is 5.75. The van der Waals surface area contributed by atoms with E-state index in [1.54, 1.807) is 18.2 Å². The van der Waals surface area contributed by atoms with Gasteiger partial charge in [-0.25, -0.2) is 0 Å². The summed E-state index contributed by atoms with van der Waals surface area (Å²) in [4.78, 5) is 0. The molecule has 0 aliphatic carbocycles. The molecule has 0 aliphatic heterocycles. The van der Waals surface area contributed by atoms with Crippen LogP contribution in [0.25, 0.3) is 11.3 Å². The van der Waals surface area contributed by atoms with Crippen molar-refractivity contribution in [3.63, 3.8) is 0 Å². The monoisotopic (exact) mass is 203 g/mol. The summed E-state index contributed by atoms with van der Waals surface area (Å²) in [6, 6.07) is 11.0.